The van der Waals surface area contributed by atoms with Gasteiger partial charge in [-0.2, -0.15) is 8.42 Å². The summed E-state index contributed by atoms with van der Waals surface area (Å²) in [7, 11) is 4.81. The van der Waals surface area contributed by atoms with Crippen molar-refractivity contribution in [1.82, 2.24) is 0 Å². The maximum absolute atomic E-state index is 12.3. The highest BCUT2D eigenvalue weighted by Gasteiger charge is 1.97. The van der Waals surface area contributed by atoms with Crippen molar-refractivity contribution in [2.45, 2.75) is 0 Å². The first-order valence-electron chi connectivity index (χ1n) is 2.95. The van der Waals surface area contributed by atoms with Crippen molar-refractivity contribution in [3.63, 3.8) is 0 Å². The van der Waals surface area contributed by atoms with Crippen LogP contribution in [0.15, 0.2) is 22.7 Å². The summed E-state index contributed by atoms with van der Waals surface area (Å²) < 4.78 is 43.0. The van der Waals surface area contributed by atoms with Crippen LogP contribution in [0, 0.1) is 11.6 Å². The predicted octanol–water partition coefficient (Wildman–Crippen LogP) is 3.44. The Hall–Kier alpha value is 0.0900. The van der Waals surface area contributed by atoms with Gasteiger partial charge in [0, 0.05) is 27.4 Å². The fourth-order valence-electron chi connectivity index (χ4n) is 0.470. The molecular formula is C6H3BrCl2F2O2S. The number of rotatable bonds is 0. The number of halogens is 5. The fourth-order valence-corrected chi connectivity index (χ4v) is 0.717. The fraction of sp³-hybridized carbons (Fsp3) is 0. The standard InChI is InChI=1S/C6H3BrF2.Cl2O2S/c7-5-2-1-4(8)3-6(5)9;1-5(2,3)4/h1-3H;. The third kappa shape index (κ3) is 8.68. The van der Waals surface area contributed by atoms with Gasteiger partial charge in [0.2, 0.25) is 0 Å². The minimum absolute atomic E-state index is 0.281. The highest BCUT2D eigenvalue weighted by molar-refractivity contribution is 9.10. The van der Waals surface area contributed by atoms with Gasteiger partial charge >= 0.3 is 8.26 Å². The lowest BCUT2D eigenvalue weighted by Crippen LogP contribution is -1.78. The molecule has 0 N–H and O–H groups in total. The molecule has 14 heavy (non-hydrogen) atoms. The van der Waals surface area contributed by atoms with Crippen LogP contribution in [0.1, 0.15) is 0 Å². The van der Waals surface area contributed by atoms with Gasteiger partial charge in [-0.05, 0) is 28.1 Å². The number of benzene rings is 1. The Morgan fingerprint density at radius 1 is 1.21 bits per heavy atom. The molecule has 0 saturated carbocycles. The van der Waals surface area contributed by atoms with E-state index in [4.69, 9.17) is 8.42 Å². The van der Waals surface area contributed by atoms with Crippen LogP contribution >= 0.6 is 37.3 Å². The first-order chi connectivity index (χ1) is 6.20. The average molecular weight is 328 g/mol. The van der Waals surface area contributed by atoms with Gasteiger partial charge in [0.25, 0.3) is 0 Å². The summed E-state index contributed by atoms with van der Waals surface area (Å²) in [5, 5.41) is 0. The second kappa shape index (κ2) is 5.85. The summed E-state index contributed by atoms with van der Waals surface area (Å²) >= 11 is 2.89. The lowest BCUT2D eigenvalue weighted by atomic mass is 10.3. The summed E-state index contributed by atoms with van der Waals surface area (Å²) in [5.74, 6) is -1.13. The molecule has 0 heterocycles. The van der Waals surface area contributed by atoms with E-state index in [9.17, 15) is 8.78 Å². The molecule has 1 aromatic rings. The van der Waals surface area contributed by atoms with Crippen LogP contribution in [-0.2, 0) is 8.26 Å². The van der Waals surface area contributed by atoms with Crippen molar-refractivity contribution in [2.75, 3.05) is 0 Å². The van der Waals surface area contributed by atoms with E-state index in [0.717, 1.165) is 6.07 Å². The second-order valence-corrected chi connectivity index (χ2v) is 6.46. The van der Waals surface area contributed by atoms with Gasteiger partial charge in [0.15, 0.2) is 0 Å². The molecule has 2 nitrogen and oxygen atoms in total. The van der Waals surface area contributed by atoms with Crippen LogP contribution in [0.2, 0.25) is 0 Å². The Bertz CT molecular complexity index is 402. The van der Waals surface area contributed by atoms with E-state index in [1.807, 2.05) is 0 Å². The average Bonchev–Trinajstić information content (AvgIpc) is 1.94. The molecule has 0 radical (unpaired) electrons. The van der Waals surface area contributed by atoms with Crippen LogP contribution in [0.4, 0.5) is 8.78 Å². The lowest BCUT2D eigenvalue weighted by Gasteiger charge is -1.90. The van der Waals surface area contributed by atoms with E-state index < -0.39 is 19.9 Å². The first-order valence-corrected chi connectivity index (χ1v) is 6.88. The third-order valence-corrected chi connectivity index (χ3v) is 1.52. The van der Waals surface area contributed by atoms with E-state index in [1.165, 1.54) is 12.1 Å². The van der Waals surface area contributed by atoms with Gasteiger partial charge in [-0.3, -0.25) is 0 Å². The molecule has 0 aromatic heterocycles. The molecule has 80 valence electrons. The van der Waals surface area contributed by atoms with E-state index in [1.54, 1.807) is 0 Å². The van der Waals surface area contributed by atoms with E-state index in [0.29, 0.717) is 0 Å². The third-order valence-electron chi connectivity index (χ3n) is 0.882. The smallest absolute Gasteiger partial charge is 0.207 e. The maximum Gasteiger partial charge on any atom is 0.317 e. The van der Waals surface area contributed by atoms with E-state index in [-0.39, 0.29) is 4.47 Å². The minimum Gasteiger partial charge on any atom is -0.207 e. The Balaban J connectivity index is 0.000000292. The molecule has 0 aliphatic heterocycles. The molecule has 0 amide bonds. The van der Waals surface area contributed by atoms with Gasteiger partial charge in [0.1, 0.15) is 11.6 Å². The molecular weight excluding hydrogens is 325 g/mol. The summed E-state index contributed by atoms with van der Waals surface area (Å²) in [6.45, 7) is 0. The Kier molecular flexibility index (Phi) is 5.88. The second-order valence-electron chi connectivity index (χ2n) is 1.94. The summed E-state index contributed by atoms with van der Waals surface area (Å²) in [5.41, 5.74) is 0. The normalized spacial score (nSPS) is 10.4. The Morgan fingerprint density at radius 3 is 1.93 bits per heavy atom. The summed E-state index contributed by atoms with van der Waals surface area (Å²) in [4.78, 5) is 0. The summed E-state index contributed by atoms with van der Waals surface area (Å²) in [6, 6.07) is 3.34. The predicted molar refractivity (Wildman–Crippen MR) is 54.7 cm³/mol. The number of hydrogen-bond acceptors (Lipinski definition) is 2. The van der Waals surface area contributed by atoms with Gasteiger partial charge < -0.3 is 0 Å². The van der Waals surface area contributed by atoms with Gasteiger partial charge in [-0.1, -0.05) is 0 Å². The van der Waals surface area contributed by atoms with Crippen molar-refractivity contribution < 1.29 is 17.2 Å². The van der Waals surface area contributed by atoms with Crippen LogP contribution in [0.25, 0.3) is 0 Å². The van der Waals surface area contributed by atoms with Crippen LogP contribution in [0.5, 0.6) is 0 Å². The molecule has 1 aromatic carbocycles. The van der Waals surface area contributed by atoms with Crippen molar-refractivity contribution >= 4 is 45.6 Å². The summed E-state index contributed by atoms with van der Waals surface area (Å²) in [6.07, 6.45) is 0. The Labute approximate surface area is 96.9 Å². The molecule has 0 bridgehead atoms. The highest BCUT2D eigenvalue weighted by atomic mass is 79.9. The van der Waals surface area contributed by atoms with Crippen LogP contribution in [-0.4, -0.2) is 8.42 Å². The van der Waals surface area contributed by atoms with E-state index in [2.05, 4.69) is 37.3 Å². The highest BCUT2D eigenvalue weighted by Crippen LogP contribution is 2.14. The zero-order valence-electron chi connectivity index (χ0n) is 6.35. The van der Waals surface area contributed by atoms with Crippen LogP contribution < -0.4 is 0 Å². The van der Waals surface area contributed by atoms with Crippen molar-refractivity contribution in [3.8, 4) is 0 Å². The molecule has 0 aliphatic rings. The minimum atomic E-state index is -3.72. The quantitative estimate of drug-likeness (QED) is 0.540. The van der Waals surface area contributed by atoms with E-state index >= 15 is 0 Å². The lowest BCUT2D eigenvalue weighted by molar-refractivity contribution is 0.579. The molecule has 0 fully saturated rings. The van der Waals surface area contributed by atoms with Gasteiger partial charge in [-0.15, -0.1) is 0 Å². The Morgan fingerprint density at radius 2 is 1.64 bits per heavy atom. The first kappa shape index (κ1) is 14.1. The maximum atomic E-state index is 12.3. The molecule has 8 heteroatoms. The molecule has 0 aliphatic carbocycles. The SMILES string of the molecule is Fc1ccc(Br)c(F)c1.O=S(=O)(Cl)Cl. The molecule has 0 saturated heterocycles. The van der Waals surface area contributed by atoms with Crippen molar-refractivity contribution in [2.24, 2.45) is 0 Å². The van der Waals surface area contributed by atoms with Crippen LogP contribution in [0.3, 0.4) is 0 Å². The molecule has 0 unspecified atom stereocenters. The van der Waals surface area contributed by atoms with Gasteiger partial charge in [-0.25, -0.2) is 8.78 Å². The molecule has 0 spiro atoms. The van der Waals surface area contributed by atoms with Crippen molar-refractivity contribution in [3.05, 3.63) is 34.3 Å². The molecule has 0 atom stereocenters. The molecule has 1 rings (SSSR count). The topological polar surface area (TPSA) is 34.1 Å². The van der Waals surface area contributed by atoms with Gasteiger partial charge in [0.05, 0.1) is 4.47 Å². The monoisotopic (exact) mass is 326 g/mol. The zero-order chi connectivity index (χ0) is 11.4. The largest absolute Gasteiger partial charge is 0.317 e. The number of hydrogen-bond donors (Lipinski definition) is 0. The van der Waals surface area contributed by atoms with Crippen molar-refractivity contribution in [1.29, 1.82) is 0 Å². The zero-order valence-corrected chi connectivity index (χ0v) is 10.3.